The number of carbonyl (C=O) groups excluding carboxylic acids is 2. The third-order valence-corrected chi connectivity index (χ3v) is 8.18. The molecule has 0 aromatic carbocycles. The van der Waals surface area contributed by atoms with Gasteiger partial charge in [-0.1, -0.05) is 45.4 Å². The van der Waals surface area contributed by atoms with Crippen molar-refractivity contribution >= 4 is 12.1 Å². The van der Waals surface area contributed by atoms with Gasteiger partial charge < -0.3 is 15.2 Å². The van der Waals surface area contributed by atoms with E-state index >= 15 is 0 Å². The quantitative estimate of drug-likeness (QED) is 0.585. The number of rotatable bonds is 4. The van der Waals surface area contributed by atoms with E-state index < -0.39 is 12.1 Å². The number of carbonyl (C=O) groups is 2. The van der Waals surface area contributed by atoms with Gasteiger partial charge in [0, 0.05) is 12.0 Å². The number of hydrogen-bond acceptors (Lipinski definition) is 4. The van der Waals surface area contributed by atoms with Gasteiger partial charge in [0.15, 0.2) is 0 Å². The number of allylic oxidation sites excluding steroid dienone is 3. The Kier molecular flexibility index (Phi) is 6.38. The topological polar surface area (TPSA) is 87.7 Å². The molecule has 0 unspecified atom stereocenters. The fourth-order valence-corrected chi connectivity index (χ4v) is 6.49. The van der Waals surface area contributed by atoms with Gasteiger partial charge in [0.2, 0.25) is 0 Å². The van der Waals surface area contributed by atoms with Gasteiger partial charge in [-0.25, -0.2) is 14.9 Å². The monoisotopic (exact) mass is 418 g/mol. The number of fused-ring (bicyclic) bond motifs is 3. The smallest absolute Gasteiger partial charge is 0.415 e. The lowest BCUT2D eigenvalue weighted by molar-refractivity contribution is -0.103. The molecule has 0 radical (unpaired) electrons. The molecule has 2 fully saturated rings. The van der Waals surface area contributed by atoms with Gasteiger partial charge in [-0.2, -0.15) is 0 Å². The first kappa shape index (κ1) is 22.9. The molecule has 0 heterocycles. The van der Waals surface area contributed by atoms with Crippen molar-refractivity contribution in [1.82, 2.24) is 10.6 Å². The number of imide groups is 1. The Labute approximate surface area is 180 Å². The van der Waals surface area contributed by atoms with Crippen LogP contribution >= 0.6 is 0 Å². The van der Waals surface area contributed by atoms with Crippen molar-refractivity contribution in [2.45, 2.75) is 72.3 Å². The van der Waals surface area contributed by atoms with Crippen molar-refractivity contribution < 1.29 is 19.4 Å². The number of alkyl carbamates (subject to hydrolysis) is 1. The molecule has 3 aliphatic rings. The van der Waals surface area contributed by atoms with Crippen molar-refractivity contribution in [2.75, 3.05) is 13.2 Å². The van der Waals surface area contributed by atoms with Gasteiger partial charge in [0.05, 0.1) is 6.61 Å². The normalized spacial score (nSPS) is 37.1. The largest absolute Gasteiger partial charge is 0.445 e. The van der Waals surface area contributed by atoms with Crippen LogP contribution in [0.15, 0.2) is 24.3 Å². The summed E-state index contributed by atoms with van der Waals surface area (Å²) in [5.41, 5.74) is 1.75. The van der Waals surface area contributed by atoms with E-state index in [9.17, 15) is 9.59 Å². The minimum Gasteiger partial charge on any atom is -0.445 e. The second-order valence-corrected chi connectivity index (χ2v) is 10.5. The zero-order valence-electron chi connectivity index (χ0n) is 18.9. The highest BCUT2D eigenvalue weighted by molar-refractivity contribution is 5.90. The molecule has 3 N–H and O–H groups in total. The van der Waals surface area contributed by atoms with Crippen molar-refractivity contribution in [3.05, 3.63) is 24.3 Å². The summed E-state index contributed by atoms with van der Waals surface area (Å²) < 4.78 is 5.73. The number of nitrogens with one attached hydrogen (secondary N) is 2. The third kappa shape index (κ3) is 4.16. The van der Waals surface area contributed by atoms with E-state index in [2.05, 4.69) is 57.1 Å². The van der Waals surface area contributed by atoms with Gasteiger partial charge in [0.25, 0.3) is 0 Å². The Morgan fingerprint density at radius 1 is 1.27 bits per heavy atom. The molecule has 168 valence electrons. The molecule has 0 spiro atoms. The predicted octanol–water partition coefficient (Wildman–Crippen LogP) is 4.55. The Balaban J connectivity index is 1.72. The molecular weight excluding hydrogens is 380 g/mol. The predicted molar refractivity (Wildman–Crippen MR) is 117 cm³/mol. The van der Waals surface area contributed by atoms with Crippen LogP contribution in [0.3, 0.4) is 0 Å². The number of urea groups is 1. The molecule has 0 bridgehead atoms. The molecule has 5 atom stereocenters. The number of aliphatic hydroxyl groups is 1. The van der Waals surface area contributed by atoms with Crippen LogP contribution in [0, 0.1) is 28.1 Å². The summed E-state index contributed by atoms with van der Waals surface area (Å²) in [6.07, 6.45) is 9.94. The van der Waals surface area contributed by atoms with E-state index in [0.29, 0.717) is 11.8 Å². The fraction of sp³-hybridized carbons (Fsp3) is 0.750. The first-order valence-corrected chi connectivity index (χ1v) is 11.3. The van der Waals surface area contributed by atoms with Crippen LogP contribution in [0.2, 0.25) is 0 Å². The molecule has 3 rings (SSSR count). The number of aliphatic hydroxyl groups excluding tert-OH is 1. The molecule has 3 amide bonds. The minimum atomic E-state index is -0.723. The van der Waals surface area contributed by atoms with E-state index in [1.165, 1.54) is 12.8 Å². The summed E-state index contributed by atoms with van der Waals surface area (Å²) in [6.45, 7) is 13.1. The third-order valence-electron chi connectivity index (χ3n) is 8.18. The second kappa shape index (κ2) is 8.37. The van der Waals surface area contributed by atoms with Crippen LogP contribution in [0.5, 0.6) is 0 Å². The average molecular weight is 419 g/mol. The molecule has 0 aromatic rings. The van der Waals surface area contributed by atoms with Crippen LogP contribution < -0.4 is 10.6 Å². The highest BCUT2D eigenvalue weighted by Crippen LogP contribution is 2.64. The SMILES string of the molecule is C=C[C@]1(C)CC=C2[C@@H](CC[C@@H]3C(C)(C)[C@H](OC(=O)NC(=O)NCCO)CC[C@@]23C)C1. The standard InChI is InChI=1S/C24H38N2O4/c1-6-23(4)11-9-17-16(15-23)7-8-18-22(2,3)19(10-12-24(17,18)5)30-21(29)26-20(28)25-13-14-27/h6,9,16,18-19,27H,1,7-8,10-15H2,2-5H3,(H2,25,26,28,29)/t16-,18+,19+,23+,24-/m0/s1. The summed E-state index contributed by atoms with van der Waals surface area (Å²) >= 11 is 0. The molecule has 3 aliphatic carbocycles. The van der Waals surface area contributed by atoms with E-state index in [1.807, 2.05) is 0 Å². The van der Waals surface area contributed by atoms with Gasteiger partial charge in [-0.05, 0) is 61.2 Å². The highest BCUT2D eigenvalue weighted by Gasteiger charge is 2.57. The lowest BCUT2D eigenvalue weighted by atomic mass is 9.46. The second-order valence-electron chi connectivity index (χ2n) is 10.5. The maximum atomic E-state index is 12.3. The van der Waals surface area contributed by atoms with Crippen molar-refractivity contribution in [2.24, 2.45) is 28.1 Å². The summed E-state index contributed by atoms with van der Waals surface area (Å²) in [6, 6.07) is -0.648. The van der Waals surface area contributed by atoms with E-state index in [-0.39, 0.29) is 35.5 Å². The fourth-order valence-electron chi connectivity index (χ4n) is 6.49. The Hall–Kier alpha value is -1.82. The average Bonchev–Trinajstić information content (AvgIpc) is 2.68. The van der Waals surface area contributed by atoms with Crippen LogP contribution in [-0.4, -0.2) is 36.5 Å². The molecule has 6 heteroatoms. The van der Waals surface area contributed by atoms with E-state index in [0.717, 1.165) is 25.7 Å². The lowest BCUT2D eigenvalue weighted by Gasteiger charge is -2.60. The Morgan fingerprint density at radius 2 is 2.00 bits per heavy atom. The molecule has 30 heavy (non-hydrogen) atoms. The zero-order valence-corrected chi connectivity index (χ0v) is 18.9. The molecule has 0 saturated heterocycles. The number of amides is 3. The van der Waals surface area contributed by atoms with Crippen LogP contribution in [0.1, 0.15) is 66.2 Å². The van der Waals surface area contributed by atoms with Gasteiger partial charge in [-0.15, -0.1) is 6.58 Å². The molecule has 0 aromatic heterocycles. The number of hydrogen-bond donors (Lipinski definition) is 3. The van der Waals surface area contributed by atoms with Crippen molar-refractivity contribution in [3.8, 4) is 0 Å². The maximum absolute atomic E-state index is 12.3. The molecule has 6 nitrogen and oxygen atoms in total. The zero-order chi connectivity index (χ0) is 22.2. The van der Waals surface area contributed by atoms with Crippen LogP contribution in [0.25, 0.3) is 0 Å². The first-order valence-electron chi connectivity index (χ1n) is 11.3. The van der Waals surface area contributed by atoms with Crippen LogP contribution in [0.4, 0.5) is 9.59 Å². The number of ether oxygens (including phenoxy) is 1. The summed E-state index contributed by atoms with van der Waals surface area (Å²) in [4.78, 5) is 23.9. The maximum Gasteiger partial charge on any atom is 0.415 e. The van der Waals surface area contributed by atoms with Gasteiger partial charge >= 0.3 is 12.1 Å². The molecule has 0 aliphatic heterocycles. The molecular formula is C24H38N2O4. The van der Waals surface area contributed by atoms with E-state index in [1.54, 1.807) is 5.57 Å². The van der Waals surface area contributed by atoms with Gasteiger partial charge in [0.1, 0.15) is 6.10 Å². The summed E-state index contributed by atoms with van der Waals surface area (Å²) in [5, 5.41) is 13.4. The molecule has 2 saturated carbocycles. The lowest BCUT2D eigenvalue weighted by Crippen LogP contribution is -2.56. The Bertz CT molecular complexity index is 731. The summed E-state index contributed by atoms with van der Waals surface area (Å²) in [5.74, 6) is 1.05. The first-order chi connectivity index (χ1) is 14.1. The minimum absolute atomic E-state index is 0.0929. The summed E-state index contributed by atoms with van der Waals surface area (Å²) in [7, 11) is 0. The van der Waals surface area contributed by atoms with Gasteiger partial charge in [-0.3, -0.25) is 0 Å². The van der Waals surface area contributed by atoms with Crippen molar-refractivity contribution in [1.29, 1.82) is 0 Å². The van der Waals surface area contributed by atoms with Crippen molar-refractivity contribution in [3.63, 3.8) is 0 Å². The van der Waals surface area contributed by atoms with E-state index in [4.69, 9.17) is 9.84 Å². The van der Waals surface area contributed by atoms with Crippen LogP contribution in [-0.2, 0) is 4.74 Å². The Morgan fingerprint density at radius 3 is 2.67 bits per heavy atom. The highest BCUT2D eigenvalue weighted by atomic mass is 16.6.